The molecule has 3 aromatic rings. The van der Waals surface area contributed by atoms with Crippen LogP contribution in [0.3, 0.4) is 0 Å². The summed E-state index contributed by atoms with van der Waals surface area (Å²) in [5.74, 6) is 1.06. The van der Waals surface area contributed by atoms with Gasteiger partial charge < -0.3 is 18.6 Å². The van der Waals surface area contributed by atoms with Gasteiger partial charge in [-0.15, -0.1) is 0 Å². The fraction of sp³-hybridized carbons (Fsp3) is 0.261. The smallest absolute Gasteiger partial charge is 0.338 e. The molecule has 0 radical (unpaired) electrons. The van der Waals surface area contributed by atoms with Crippen LogP contribution >= 0.6 is 11.3 Å². The topological polar surface area (TPSA) is 92.3 Å². The molecule has 9 heteroatoms. The molecule has 0 N–H and O–H groups in total. The number of methoxy groups -OCH3 is 2. The Bertz CT molecular complexity index is 1360. The van der Waals surface area contributed by atoms with Crippen LogP contribution in [0.2, 0.25) is 0 Å². The summed E-state index contributed by atoms with van der Waals surface area (Å²) in [6.45, 7) is 3.68. The molecule has 1 atom stereocenters. The lowest BCUT2D eigenvalue weighted by atomic mass is 9.95. The molecule has 4 rings (SSSR count). The van der Waals surface area contributed by atoms with Crippen LogP contribution in [0, 0.1) is 0 Å². The monoisotopic (exact) mass is 454 g/mol. The quantitative estimate of drug-likeness (QED) is 0.531. The number of hydrogen-bond acceptors (Lipinski definition) is 8. The SMILES string of the molecule is CCOC(=O)C1=C(C)N=c2s/c(=C/c3ccco3)c(=O)n2C1c1ccc(OC)c(OC)c1. The van der Waals surface area contributed by atoms with E-state index in [0.717, 1.165) is 0 Å². The van der Waals surface area contributed by atoms with Gasteiger partial charge in [0, 0.05) is 6.08 Å². The van der Waals surface area contributed by atoms with Crippen LogP contribution in [0.4, 0.5) is 0 Å². The van der Waals surface area contributed by atoms with Crippen LogP contribution in [0.1, 0.15) is 31.2 Å². The molecule has 1 aliphatic heterocycles. The van der Waals surface area contributed by atoms with E-state index in [1.165, 1.54) is 23.0 Å². The van der Waals surface area contributed by atoms with Gasteiger partial charge in [-0.05, 0) is 43.7 Å². The molecule has 0 bridgehead atoms. The maximum absolute atomic E-state index is 13.4. The van der Waals surface area contributed by atoms with Gasteiger partial charge in [-0.1, -0.05) is 17.4 Å². The van der Waals surface area contributed by atoms with Gasteiger partial charge in [0.1, 0.15) is 5.76 Å². The molecule has 32 heavy (non-hydrogen) atoms. The van der Waals surface area contributed by atoms with Crippen molar-refractivity contribution in [2.45, 2.75) is 19.9 Å². The Hall–Kier alpha value is -3.59. The Kier molecular flexibility index (Phi) is 6.00. The number of nitrogens with zero attached hydrogens (tertiary/aromatic N) is 2. The number of allylic oxidation sites excluding steroid dienone is 1. The Morgan fingerprint density at radius 3 is 2.69 bits per heavy atom. The van der Waals surface area contributed by atoms with Crippen LogP contribution in [0.15, 0.2) is 62.1 Å². The first-order valence-electron chi connectivity index (χ1n) is 9.93. The highest BCUT2D eigenvalue weighted by Gasteiger charge is 2.33. The highest BCUT2D eigenvalue weighted by Crippen LogP contribution is 2.36. The van der Waals surface area contributed by atoms with E-state index in [1.54, 1.807) is 63.6 Å². The Balaban J connectivity index is 1.98. The molecule has 1 aromatic carbocycles. The number of aromatic nitrogens is 1. The second-order valence-electron chi connectivity index (χ2n) is 6.93. The summed E-state index contributed by atoms with van der Waals surface area (Å²) in [7, 11) is 3.08. The highest BCUT2D eigenvalue weighted by molar-refractivity contribution is 7.07. The van der Waals surface area contributed by atoms with E-state index in [0.29, 0.717) is 43.4 Å². The predicted octanol–water partition coefficient (Wildman–Crippen LogP) is 2.41. The molecule has 2 aromatic heterocycles. The minimum atomic E-state index is -0.733. The summed E-state index contributed by atoms with van der Waals surface area (Å²) in [5, 5.41) is 0. The first kappa shape index (κ1) is 21.6. The number of thiazole rings is 1. The van der Waals surface area contributed by atoms with E-state index in [1.807, 2.05) is 0 Å². The zero-order chi connectivity index (χ0) is 22.8. The molecule has 8 nitrogen and oxygen atoms in total. The number of furan rings is 1. The largest absolute Gasteiger partial charge is 0.493 e. The zero-order valence-corrected chi connectivity index (χ0v) is 18.9. The standard InChI is InChI=1S/C23H22N2O6S/c1-5-30-22(27)19-13(2)24-23-25(21(26)18(32-23)12-15-7-6-10-31-15)20(19)14-8-9-16(28-3)17(11-14)29-4/h6-12,20H,5H2,1-4H3/b18-12+. The van der Waals surface area contributed by atoms with E-state index in [9.17, 15) is 9.59 Å². The maximum atomic E-state index is 13.4. The minimum Gasteiger partial charge on any atom is -0.493 e. The summed E-state index contributed by atoms with van der Waals surface area (Å²) >= 11 is 1.23. The summed E-state index contributed by atoms with van der Waals surface area (Å²) in [6, 6.07) is 8.07. The molecule has 0 saturated heterocycles. The Morgan fingerprint density at radius 2 is 2.03 bits per heavy atom. The van der Waals surface area contributed by atoms with Crippen LogP contribution in [-0.2, 0) is 9.53 Å². The molecular formula is C23H22N2O6S. The van der Waals surface area contributed by atoms with E-state index in [2.05, 4.69) is 4.99 Å². The summed E-state index contributed by atoms with van der Waals surface area (Å²) in [6.07, 6.45) is 3.21. The van der Waals surface area contributed by atoms with Gasteiger partial charge in [0.15, 0.2) is 16.3 Å². The van der Waals surface area contributed by atoms with Crippen molar-refractivity contribution in [3.05, 3.63) is 78.9 Å². The van der Waals surface area contributed by atoms with Gasteiger partial charge in [0.2, 0.25) is 0 Å². The van der Waals surface area contributed by atoms with Gasteiger partial charge >= 0.3 is 5.97 Å². The van der Waals surface area contributed by atoms with Gasteiger partial charge in [-0.3, -0.25) is 9.36 Å². The second-order valence-corrected chi connectivity index (χ2v) is 7.94. The summed E-state index contributed by atoms with van der Waals surface area (Å²) in [5.41, 5.74) is 1.19. The normalized spacial score (nSPS) is 15.9. The van der Waals surface area contributed by atoms with Crippen molar-refractivity contribution in [3.8, 4) is 11.5 Å². The molecule has 0 aliphatic carbocycles. The molecule has 0 fully saturated rings. The zero-order valence-electron chi connectivity index (χ0n) is 18.1. The average Bonchev–Trinajstić information content (AvgIpc) is 3.40. The molecule has 0 amide bonds. The number of hydrogen-bond donors (Lipinski definition) is 0. The van der Waals surface area contributed by atoms with Crippen LogP contribution in [0.5, 0.6) is 11.5 Å². The minimum absolute atomic E-state index is 0.206. The first-order chi connectivity index (χ1) is 15.5. The summed E-state index contributed by atoms with van der Waals surface area (Å²) in [4.78, 5) is 31.4. The fourth-order valence-corrected chi connectivity index (χ4v) is 4.66. The number of esters is 1. The van der Waals surface area contributed by atoms with Crippen molar-refractivity contribution < 1.29 is 23.4 Å². The molecule has 0 spiro atoms. The number of rotatable bonds is 6. The second kappa shape index (κ2) is 8.88. The lowest BCUT2D eigenvalue weighted by Gasteiger charge is -2.25. The molecule has 0 saturated carbocycles. The predicted molar refractivity (Wildman–Crippen MR) is 119 cm³/mol. The lowest BCUT2D eigenvalue weighted by molar-refractivity contribution is -0.139. The summed E-state index contributed by atoms with van der Waals surface area (Å²) < 4.78 is 23.4. The van der Waals surface area contributed by atoms with Crippen molar-refractivity contribution in [1.82, 2.24) is 4.57 Å². The van der Waals surface area contributed by atoms with Crippen molar-refractivity contribution >= 4 is 23.4 Å². The van der Waals surface area contributed by atoms with E-state index in [4.69, 9.17) is 18.6 Å². The van der Waals surface area contributed by atoms with E-state index in [-0.39, 0.29) is 12.2 Å². The number of carbonyl (C=O) groups is 1. The van der Waals surface area contributed by atoms with Gasteiger partial charge in [-0.2, -0.15) is 0 Å². The molecular weight excluding hydrogens is 432 g/mol. The third-order valence-corrected chi connectivity index (χ3v) is 6.04. The Labute approximate surface area is 187 Å². The highest BCUT2D eigenvalue weighted by atomic mass is 32.1. The number of carbonyl (C=O) groups excluding carboxylic acids is 1. The number of fused-ring (bicyclic) bond motifs is 1. The Morgan fingerprint density at radius 1 is 1.25 bits per heavy atom. The first-order valence-corrected chi connectivity index (χ1v) is 10.7. The third-order valence-electron chi connectivity index (χ3n) is 5.06. The van der Waals surface area contributed by atoms with E-state index < -0.39 is 12.0 Å². The molecule has 3 heterocycles. The molecule has 1 aliphatic rings. The van der Waals surface area contributed by atoms with Crippen molar-refractivity contribution in [2.75, 3.05) is 20.8 Å². The van der Waals surface area contributed by atoms with Crippen molar-refractivity contribution in [3.63, 3.8) is 0 Å². The number of ether oxygens (including phenoxy) is 3. The van der Waals surface area contributed by atoms with Crippen LogP contribution in [-0.4, -0.2) is 31.4 Å². The van der Waals surface area contributed by atoms with E-state index >= 15 is 0 Å². The van der Waals surface area contributed by atoms with Gasteiger partial charge in [0.05, 0.1) is 48.9 Å². The van der Waals surface area contributed by atoms with Crippen molar-refractivity contribution in [1.29, 1.82) is 0 Å². The molecule has 1 unspecified atom stereocenters. The average molecular weight is 455 g/mol. The van der Waals surface area contributed by atoms with Gasteiger partial charge in [0.25, 0.3) is 5.56 Å². The fourth-order valence-electron chi connectivity index (χ4n) is 3.63. The molecule has 166 valence electrons. The third kappa shape index (κ3) is 3.75. The van der Waals surface area contributed by atoms with Crippen molar-refractivity contribution in [2.24, 2.45) is 4.99 Å². The van der Waals surface area contributed by atoms with Gasteiger partial charge in [-0.25, -0.2) is 9.79 Å². The maximum Gasteiger partial charge on any atom is 0.338 e. The lowest BCUT2D eigenvalue weighted by Crippen LogP contribution is -2.39. The van der Waals surface area contributed by atoms with Crippen LogP contribution < -0.4 is 24.4 Å². The number of benzene rings is 1. The van der Waals surface area contributed by atoms with Crippen LogP contribution in [0.25, 0.3) is 6.08 Å².